The molecule has 1 aromatic rings. The Morgan fingerprint density at radius 2 is 1.89 bits per heavy atom. The highest BCUT2D eigenvalue weighted by molar-refractivity contribution is 5.78. The maximum Gasteiger partial charge on any atom is 0.249 e. The Morgan fingerprint density at radius 1 is 1.19 bits per heavy atom. The van der Waals surface area contributed by atoms with Crippen LogP contribution in [0, 0.1) is 0 Å². The van der Waals surface area contributed by atoms with E-state index in [1.807, 2.05) is 0 Å². The number of hydrogen-bond acceptors (Lipinski definition) is 4. The first-order valence-corrected chi connectivity index (χ1v) is 10.3. The maximum absolute atomic E-state index is 12.7. The molecule has 1 aromatic carbocycles. The van der Waals surface area contributed by atoms with E-state index in [-0.39, 0.29) is 24.6 Å². The normalized spacial score (nSPS) is 21.7. The SMILES string of the molecule is COCC(=O)N(C1CCOCC1)C1CCN(Cc2ccc(C(C)C)cc2)C1. The van der Waals surface area contributed by atoms with Gasteiger partial charge >= 0.3 is 0 Å². The Hall–Kier alpha value is -1.43. The molecule has 2 aliphatic rings. The minimum absolute atomic E-state index is 0.123. The Balaban J connectivity index is 1.61. The number of rotatable bonds is 7. The molecule has 0 aromatic heterocycles. The van der Waals surface area contributed by atoms with E-state index in [4.69, 9.17) is 9.47 Å². The fourth-order valence-electron chi connectivity index (χ4n) is 4.32. The van der Waals surface area contributed by atoms with Crippen LogP contribution in [0.25, 0.3) is 0 Å². The Kier molecular flexibility index (Phi) is 7.27. The first-order valence-electron chi connectivity index (χ1n) is 10.3. The fraction of sp³-hybridized carbons (Fsp3) is 0.682. The molecular formula is C22H34N2O3. The predicted octanol–water partition coefficient (Wildman–Crippen LogP) is 3.04. The molecule has 5 nitrogen and oxygen atoms in total. The van der Waals surface area contributed by atoms with Crippen molar-refractivity contribution in [3.05, 3.63) is 35.4 Å². The number of carbonyl (C=O) groups excluding carboxylic acids is 1. The molecule has 2 heterocycles. The third-order valence-corrected chi connectivity index (χ3v) is 5.83. The average Bonchev–Trinajstić information content (AvgIpc) is 3.11. The minimum atomic E-state index is 0.123. The lowest BCUT2D eigenvalue weighted by atomic mass is 10.0. The van der Waals surface area contributed by atoms with Crippen LogP contribution in [0.3, 0.4) is 0 Å². The van der Waals surface area contributed by atoms with Gasteiger partial charge < -0.3 is 14.4 Å². The average molecular weight is 375 g/mol. The summed E-state index contributed by atoms with van der Waals surface area (Å²) >= 11 is 0. The van der Waals surface area contributed by atoms with Gasteiger partial charge in [-0.2, -0.15) is 0 Å². The van der Waals surface area contributed by atoms with Gasteiger partial charge in [0.15, 0.2) is 0 Å². The molecule has 0 radical (unpaired) electrons. The van der Waals surface area contributed by atoms with Crippen LogP contribution in [0.15, 0.2) is 24.3 Å². The summed E-state index contributed by atoms with van der Waals surface area (Å²) in [6, 6.07) is 9.54. The van der Waals surface area contributed by atoms with Crippen molar-refractivity contribution in [3.8, 4) is 0 Å². The van der Waals surface area contributed by atoms with E-state index >= 15 is 0 Å². The standard InChI is InChI=1S/C22H34N2O3/c1-17(2)19-6-4-18(5-7-19)14-23-11-8-21(15-23)24(22(25)16-26-3)20-9-12-27-13-10-20/h4-7,17,20-21H,8-16H2,1-3H3. The Bertz CT molecular complexity index is 596. The number of benzene rings is 1. The summed E-state index contributed by atoms with van der Waals surface area (Å²) in [7, 11) is 1.60. The van der Waals surface area contributed by atoms with Gasteiger partial charge in [0.25, 0.3) is 0 Å². The molecule has 3 rings (SSSR count). The van der Waals surface area contributed by atoms with Crippen LogP contribution in [0.1, 0.15) is 50.2 Å². The first-order chi connectivity index (χ1) is 13.1. The summed E-state index contributed by atoms with van der Waals surface area (Å²) in [5.74, 6) is 0.688. The maximum atomic E-state index is 12.7. The lowest BCUT2D eigenvalue weighted by Crippen LogP contribution is -2.51. The molecule has 2 saturated heterocycles. The zero-order valence-electron chi connectivity index (χ0n) is 17.0. The lowest BCUT2D eigenvalue weighted by molar-refractivity contribution is -0.142. The second-order valence-electron chi connectivity index (χ2n) is 8.15. The van der Waals surface area contributed by atoms with Crippen LogP contribution in [-0.4, -0.2) is 67.8 Å². The van der Waals surface area contributed by atoms with Gasteiger partial charge in [-0.1, -0.05) is 38.1 Å². The van der Waals surface area contributed by atoms with Crippen molar-refractivity contribution in [1.29, 1.82) is 0 Å². The van der Waals surface area contributed by atoms with Gasteiger partial charge in [-0.15, -0.1) is 0 Å². The summed E-state index contributed by atoms with van der Waals surface area (Å²) in [6.07, 6.45) is 2.90. The predicted molar refractivity (Wildman–Crippen MR) is 107 cm³/mol. The third kappa shape index (κ3) is 5.31. The highest BCUT2D eigenvalue weighted by Crippen LogP contribution is 2.25. The molecule has 2 aliphatic heterocycles. The first kappa shape index (κ1) is 20.3. The third-order valence-electron chi connectivity index (χ3n) is 5.83. The smallest absolute Gasteiger partial charge is 0.249 e. The van der Waals surface area contributed by atoms with Gasteiger partial charge in [-0.25, -0.2) is 0 Å². The monoisotopic (exact) mass is 374 g/mol. The highest BCUT2D eigenvalue weighted by Gasteiger charge is 2.35. The van der Waals surface area contributed by atoms with Crippen LogP contribution in [0.2, 0.25) is 0 Å². The quantitative estimate of drug-likeness (QED) is 0.736. The number of hydrogen-bond donors (Lipinski definition) is 0. The van der Waals surface area contributed by atoms with E-state index in [0.29, 0.717) is 5.92 Å². The Labute approximate surface area is 163 Å². The van der Waals surface area contributed by atoms with Crippen LogP contribution in [0.5, 0.6) is 0 Å². The summed E-state index contributed by atoms with van der Waals surface area (Å²) < 4.78 is 10.7. The van der Waals surface area contributed by atoms with Crippen molar-refractivity contribution in [2.24, 2.45) is 0 Å². The number of nitrogens with zero attached hydrogens (tertiary/aromatic N) is 2. The van der Waals surface area contributed by atoms with E-state index in [2.05, 4.69) is 47.9 Å². The largest absolute Gasteiger partial charge is 0.381 e. The second kappa shape index (κ2) is 9.67. The van der Waals surface area contributed by atoms with Gasteiger partial charge in [-0.3, -0.25) is 9.69 Å². The molecule has 2 fully saturated rings. The molecule has 1 amide bonds. The number of methoxy groups -OCH3 is 1. The van der Waals surface area contributed by atoms with Crippen molar-refractivity contribution in [2.45, 2.75) is 57.7 Å². The highest BCUT2D eigenvalue weighted by atomic mass is 16.5. The molecule has 0 aliphatic carbocycles. The minimum Gasteiger partial charge on any atom is -0.381 e. The Morgan fingerprint density at radius 3 is 2.52 bits per heavy atom. The van der Waals surface area contributed by atoms with E-state index < -0.39 is 0 Å². The molecule has 0 saturated carbocycles. The summed E-state index contributed by atoms with van der Waals surface area (Å²) in [4.78, 5) is 17.3. The van der Waals surface area contributed by atoms with Gasteiger partial charge in [0.1, 0.15) is 6.61 Å². The fourth-order valence-corrected chi connectivity index (χ4v) is 4.32. The van der Waals surface area contributed by atoms with Crippen LogP contribution in [-0.2, 0) is 20.8 Å². The zero-order valence-corrected chi connectivity index (χ0v) is 17.0. The van der Waals surface area contributed by atoms with Crippen molar-refractivity contribution in [2.75, 3.05) is 40.0 Å². The van der Waals surface area contributed by atoms with Crippen LogP contribution in [0.4, 0.5) is 0 Å². The van der Waals surface area contributed by atoms with E-state index in [1.165, 1.54) is 11.1 Å². The summed E-state index contributed by atoms with van der Waals surface area (Å²) in [5.41, 5.74) is 2.73. The van der Waals surface area contributed by atoms with Gasteiger partial charge in [0.2, 0.25) is 5.91 Å². The molecule has 5 heteroatoms. The van der Waals surface area contributed by atoms with Crippen molar-refractivity contribution in [1.82, 2.24) is 9.80 Å². The number of ether oxygens (including phenoxy) is 2. The van der Waals surface area contributed by atoms with Crippen molar-refractivity contribution >= 4 is 5.91 Å². The molecule has 150 valence electrons. The molecular weight excluding hydrogens is 340 g/mol. The van der Waals surface area contributed by atoms with Crippen molar-refractivity contribution in [3.63, 3.8) is 0 Å². The van der Waals surface area contributed by atoms with Gasteiger partial charge in [-0.05, 0) is 36.3 Å². The molecule has 0 N–H and O–H groups in total. The van der Waals surface area contributed by atoms with Gasteiger partial charge in [0, 0.05) is 52.0 Å². The molecule has 1 atom stereocenters. The molecule has 27 heavy (non-hydrogen) atoms. The van der Waals surface area contributed by atoms with Crippen LogP contribution >= 0.6 is 0 Å². The molecule has 1 unspecified atom stereocenters. The van der Waals surface area contributed by atoms with E-state index in [9.17, 15) is 4.79 Å². The zero-order chi connectivity index (χ0) is 19.2. The molecule has 0 bridgehead atoms. The lowest BCUT2D eigenvalue weighted by Gasteiger charge is -2.38. The van der Waals surface area contributed by atoms with Crippen LogP contribution < -0.4 is 0 Å². The molecule has 0 spiro atoms. The van der Waals surface area contributed by atoms with E-state index in [0.717, 1.165) is 52.1 Å². The van der Waals surface area contributed by atoms with E-state index in [1.54, 1.807) is 7.11 Å². The van der Waals surface area contributed by atoms with Gasteiger partial charge in [0.05, 0.1) is 0 Å². The number of likely N-dealkylation sites (tertiary alicyclic amines) is 1. The second-order valence-corrected chi connectivity index (χ2v) is 8.15. The summed E-state index contributed by atoms with van der Waals surface area (Å²) in [5, 5.41) is 0. The number of carbonyl (C=O) groups is 1. The number of amides is 1. The summed E-state index contributed by atoms with van der Waals surface area (Å²) in [6.45, 7) is 9.05. The van der Waals surface area contributed by atoms with Crippen molar-refractivity contribution < 1.29 is 14.3 Å². The topological polar surface area (TPSA) is 42.0 Å².